The van der Waals surface area contributed by atoms with Gasteiger partial charge >= 0.3 is 0 Å². The van der Waals surface area contributed by atoms with Crippen molar-refractivity contribution >= 4 is 11.6 Å². The minimum atomic E-state index is 0.273. The molecular weight excluding hydrogens is 228 g/mol. The predicted molar refractivity (Wildman–Crippen MR) is 71.1 cm³/mol. The summed E-state index contributed by atoms with van der Waals surface area (Å²) in [6.07, 6.45) is 5.16. The van der Waals surface area contributed by atoms with Crippen molar-refractivity contribution in [2.45, 2.75) is 26.3 Å². The van der Waals surface area contributed by atoms with Gasteiger partial charge in [0.2, 0.25) is 0 Å². The molecule has 2 heterocycles. The number of nitrogen functional groups attached to an aromatic ring is 1. The van der Waals surface area contributed by atoms with Crippen LogP contribution in [-0.4, -0.2) is 19.5 Å². The first-order valence-electron chi connectivity index (χ1n) is 5.90. The molecule has 2 aromatic rings. The molecule has 0 saturated heterocycles. The fraction of sp³-hybridized carbons (Fsp3) is 0.417. The molecule has 0 aromatic carbocycles. The van der Waals surface area contributed by atoms with E-state index < -0.39 is 0 Å². The predicted octanol–water partition coefficient (Wildman–Crippen LogP) is 1.53. The van der Waals surface area contributed by atoms with Gasteiger partial charge in [0.25, 0.3) is 0 Å². The van der Waals surface area contributed by atoms with E-state index in [9.17, 15) is 0 Å². The average molecular weight is 246 g/mol. The molecule has 0 fully saturated rings. The lowest BCUT2D eigenvalue weighted by molar-refractivity contribution is 0.802. The topological polar surface area (TPSA) is 81.7 Å². The molecule has 0 saturated carbocycles. The van der Waals surface area contributed by atoms with Crippen LogP contribution in [0.2, 0.25) is 0 Å². The van der Waals surface area contributed by atoms with Crippen LogP contribution in [0.5, 0.6) is 0 Å². The van der Waals surface area contributed by atoms with Gasteiger partial charge in [-0.2, -0.15) is 0 Å². The summed E-state index contributed by atoms with van der Waals surface area (Å²) in [5, 5.41) is 3.26. The van der Waals surface area contributed by atoms with E-state index >= 15 is 0 Å². The SMILES string of the molecule is CC(C)c1c(N)ncnc1NCc1nccn1C. The number of aryl methyl sites for hydroxylation is 1. The molecule has 6 nitrogen and oxygen atoms in total. The molecule has 0 atom stereocenters. The van der Waals surface area contributed by atoms with E-state index in [1.807, 2.05) is 17.8 Å². The maximum absolute atomic E-state index is 5.89. The van der Waals surface area contributed by atoms with E-state index in [0.29, 0.717) is 12.4 Å². The van der Waals surface area contributed by atoms with E-state index in [-0.39, 0.29) is 5.92 Å². The fourth-order valence-electron chi connectivity index (χ4n) is 1.85. The fourth-order valence-corrected chi connectivity index (χ4v) is 1.85. The summed E-state index contributed by atoms with van der Waals surface area (Å²) < 4.78 is 1.96. The summed E-state index contributed by atoms with van der Waals surface area (Å²) >= 11 is 0. The molecule has 0 radical (unpaired) electrons. The summed E-state index contributed by atoms with van der Waals surface area (Å²) in [6.45, 7) is 4.75. The lowest BCUT2D eigenvalue weighted by Gasteiger charge is -2.14. The molecule has 6 heteroatoms. The van der Waals surface area contributed by atoms with Crippen LogP contribution < -0.4 is 11.1 Å². The molecule has 3 N–H and O–H groups in total. The van der Waals surface area contributed by atoms with E-state index in [1.165, 1.54) is 6.33 Å². The van der Waals surface area contributed by atoms with E-state index in [4.69, 9.17) is 5.73 Å². The van der Waals surface area contributed by atoms with Crippen molar-refractivity contribution in [1.82, 2.24) is 19.5 Å². The largest absolute Gasteiger partial charge is 0.383 e. The summed E-state index contributed by atoms with van der Waals surface area (Å²) in [5.74, 6) is 2.53. The van der Waals surface area contributed by atoms with Crippen LogP contribution in [0.15, 0.2) is 18.7 Å². The van der Waals surface area contributed by atoms with Crippen molar-refractivity contribution in [2.75, 3.05) is 11.1 Å². The van der Waals surface area contributed by atoms with Gasteiger partial charge in [0, 0.05) is 25.0 Å². The van der Waals surface area contributed by atoms with Crippen LogP contribution >= 0.6 is 0 Å². The Balaban J connectivity index is 2.19. The average Bonchev–Trinajstić information content (AvgIpc) is 2.71. The number of hydrogen-bond acceptors (Lipinski definition) is 5. The molecule has 2 rings (SSSR count). The van der Waals surface area contributed by atoms with E-state index in [1.54, 1.807) is 6.20 Å². The van der Waals surface area contributed by atoms with Crippen LogP contribution in [0.25, 0.3) is 0 Å². The van der Waals surface area contributed by atoms with Crippen LogP contribution in [-0.2, 0) is 13.6 Å². The highest BCUT2D eigenvalue weighted by Crippen LogP contribution is 2.26. The number of aromatic nitrogens is 4. The Morgan fingerprint density at radius 2 is 2.11 bits per heavy atom. The monoisotopic (exact) mass is 246 g/mol. The van der Waals surface area contributed by atoms with Crippen molar-refractivity contribution < 1.29 is 0 Å². The molecule has 0 aliphatic carbocycles. The number of rotatable bonds is 4. The van der Waals surface area contributed by atoms with Gasteiger partial charge in [0.15, 0.2) is 0 Å². The molecule has 96 valence electrons. The normalized spacial score (nSPS) is 10.9. The van der Waals surface area contributed by atoms with Crippen molar-refractivity contribution in [3.8, 4) is 0 Å². The summed E-state index contributed by atoms with van der Waals surface area (Å²) in [6, 6.07) is 0. The third-order valence-corrected chi connectivity index (χ3v) is 2.83. The Morgan fingerprint density at radius 3 is 2.72 bits per heavy atom. The summed E-state index contributed by atoms with van der Waals surface area (Å²) in [4.78, 5) is 12.5. The minimum Gasteiger partial charge on any atom is -0.383 e. The Hall–Kier alpha value is -2.11. The Kier molecular flexibility index (Phi) is 3.45. The van der Waals surface area contributed by atoms with Crippen LogP contribution in [0.3, 0.4) is 0 Å². The molecule has 0 spiro atoms. The van der Waals surface area contributed by atoms with E-state index in [2.05, 4.69) is 34.1 Å². The van der Waals surface area contributed by atoms with Crippen LogP contribution in [0, 0.1) is 0 Å². The van der Waals surface area contributed by atoms with Gasteiger partial charge in [-0.25, -0.2) is 15.0 Å². The number of nitrogens with zero attached hydrogens (tertiary/aromatic N) is 4. The molecule has 18 heavy (non-hydrogen) atoms. The number of nitrogens with two attached hydrogens (primary N) is 1. The third kappa shape index (κ3) is 2.42. The number of anilines is 2. The molecule has 0 aliphatic heterocycles. The Bertz CT molecular complexity index is 531. The first-order chi connectivity index (χ1) is 8.59. The lowest BCUT2D eigenvalue weighted by atomic mass is 10.0. The maximum atomic E-state index is 5.89. The lowest BCUT2D eigenvalue weighted by Crippen LogP contribution is -2.11. The summed E-state index contributed by atoms with van der Waals surface area (Å²) in [5.41, 5.74) is 6.84. The number of hydrogen-bond donors (Lipinski definition) is 2. The second-order valence-electron chi connectivity index (χ2n) is 4.48. The maximum Gasteiger partial charge on any atom is 0.135 e. The van der Waals surface area contributed by atoms with Crippen molar-refractivity contribution in [3.05, 3.63) is 30.1 Å². The van der Waals surface area contributed by atoms with Crippen LogP contribution in [0.4, 0.5) is 11.6 Å². The van der Waals surface area contributed by atoms with Crippen molar-refractivity contribution in [1.29, 1.82) is 0 Å². The quantitative estimate of drug-likeness (QED) is 0.855. The highest BCUT2D eigenvalue weighted by molar-refractivity contribution is 5.56. The van der Waals surface area contributed by atoms with Gasteiger partial charge in [-0.05, 0) is 5.92 Å². The zero-order chi connectivity index (χ0) is 13.1. The smallest absolute Gasteiger partial charge is 0.135 e. The zero-order valence-electron chi connectivity index (χ0n) is 10.9. The van der Waals surface area contributed by atoms with E-state index in [0.717, 1.165) is 17.2 Å². The van der Waals surface area contributed by atoms with Gasteiger partial charge in [0.05, 0.1) is 6.54 Å². The van der Waals surface area contributed by atoms with Crippen molar-refractivity contribution in [3.63, 3.8) is 0 Å². The van der Waals surface area contributed by atoms with Gasteiger partial charge in [-0.1, -0.05) is 13.8 Å². The molecule has 0 amide bonds. The molecule has 2 aromatic heterocycles. The summed E-state index contributed by atoms with van der Waals surface area (Å²) in [7, 11) is 1.96. The molecule has 0 bridgehead atoms. The Labute approximate surface area is 106 Å². The van der Waals surface area contributed by atoms with Gasteiger partial charge < -0.3 is 15.6 Å². The number of nitrogens with one attached hydrogen (secondary N) is 1. The Morgan fingerprint density at radius 1 is 1.33 bits per heavy atom. The first kappa shape index (κ1) is 12.3. The molecular formula is C12H18N6. The number of imidazole rings is 1. The molecule has 0 aliphatic rings. The minimum absolute atomic E-state index is 0.273. The first-order valence-corrected chi connectivity index (χ1v) is 5.90. The van der Waals surface area contributed by atoms with Crippen molar-refractivity contribution in [2.24, 2.45) is 7.05 Å². The highest BCUT2D eigenvalue weighted by atomic mass is 15.1. The highest BCUT2D eigenvalue weighted by Gasteiger charge is 2.13. The zero-order valence-corrected chi connectivity index (χ0v) is 10.9. The standard InChI is InChI=1S/C12H18N6/c1-8(2)10-11(13)16-7-17-12(10)15-6-9-14-4-5-18(9)3/h4-5,7-8H,6H2,1-3H3,(H3,13,15,16,17). The van der Waals surface area contributed by atoms with Crippen LogP contribution in [0.1, 0.15) is 31.2 Å². The van der Waals surface area contributed by atoms with Gasteiger partial charge in [-0.15, -0.1) is 0 Å². The van der Waals surface area contributed by atoms with Gasteiger partial charge in [0.1, 0.15) is 23.8 Å². The second kappa shape index (κ2) is 5.03. The van der Waals surface area contributed by atoms with Gasteiger partial charge in [-0.3, -0.25) is 0 Å². The third-order valence-electron chi connectivity index (χ3n) is 2.83. The second-order valence-corrected chi connectivity index (χ2v) is 4.48. The molecule has 0 unspecified atom stereocenters.